The third-order valence-corrected chi connectivity index (χ3v) is 7.13. The van der Waals surface area contributed by atoms with Gasteiger partial charge in [0.1, 0.15) is 11.9 Å². The van der Waals surface area contributed by atoms with Crippen molar-refractivity contribution in [3.63, 3.8) is 0 Å². The summed E-state index contributed by atoms with van der Waals surface area (Å²) in [5.74, 6) is -1.47. The number of benzene rings is 3. The van der Waals surface area contributed by atoms with E-state index in [0.717, 1.165) is 16.8 Å². The first-order valence-electron chi connectivity index (χ1n) is 12.0. The van der Waals surface area contributed by atoms with Gasteiger partial charge in [0.05, 0.1) is 19.2 Å². The first-order chi connectivity index (χ1) is 17.3. The van der Waals surface area contributed by atoms with Gasteiger partial charge in [-0.2, -0.15) is 0 Å². The monoisotopic (exact) mass is 486 g/mol. The Balaban J connectivity index is 1.47. The van der Waals surface area contributed by atoms with Crippen molar-refractivity contribution >= 4 is 17.5 Å². The van der Waals surface area contributed by atoms with Gasteiger partial charge in [-0.15, -0.1) is 0 Å². The maximum absolute atomic E-state index is 13.5. The molecule has 7 nitrogen and oxygen atoms in total. The minimum atomic E-state index is -1.62. The molecule has 0 aromatic heterocycles. The molecular weight excluding hydrogens is 456 g/mol. The number of hydrogen-bond donors (Lipinski definition) is 0. The molecule has 0 unspecified atom stereocenters. The Morgan fingerprint density at radius 1 is 0.861 bits per heavy atom. The number of hydrogen-bond acceptors (Lipinski definition) is 5. The van der Waals surface area contributed by atoms with E-state index in [4.69, 9.17) is 14.2 Å². The van der Waals surface area contributed by atoms with Crippen LogP contribution in [0.25, 0.3) is 0 Å². The third kappa shape index (κ3) is 4.04. The summed E-state index contributed by atoms with van der Waals surface area (Å²) in [4.78, 5) is 30.3. The molecular formula is C29H30N2O5. The van der Waals surface area contributed by atoms with E-state index in [0.29, 0.717) is 5.75 Å². The largest absolute Gasteiger partial charge is 0.497 e. The lowest BCUT2D eigenvalue weighted by Gasteiger charge is -2.52. The van der Waals surface area contributed by atoms with Crippen molar-refractivity contribution in [2.75, 3.05) is 19.1 Å². The fraction of sp³-hybridized carbons (Fsp3) is 0.310. The molecule has 5 rings (SSSR count). The number of carbonyl (C=O) groups excluding carboxylic acids is 2. The van der Waals surface area contributed by atoms with Crippen molar-refractivity contribution in [1.82, 2.24) is 4.90 Å². The summed E-state index contributed by atoms with van der Waals surface area (Å²) in [6.07, 6.45) is -1.29. The fourth-order valence-corrected chi connectivity index (χ4v) is 4.99. The van der Waals surface area contributed by atoms with Crippen LogP contribution in [-0.4, -0.2) is 48.8 Å². The highest BCUT2D eigenvalue weighted by Crippen LogP contribution is 2.45. The van der Waals surface area contributed by atoms with Gasteiger partial charge in [0.25, 0.3) is 11.8 Å². The fourth-order valence-electron chi connectivity index (χ4n) is 4.99. The summed E-state index contributed by atoms with van der Waals surface area (Å²) in [6, 6.07) is 26.1. The van der Waals surface area contributed by atoms with E-state index in [-0.39, 0.29) is 17.9 Å². The third-order valence-electron chi connectivity index (χ3n) is 7.13. The molecule has 186 valence electrons. The molecule has 0 spiro atoms. The van der Waals surface area contributed by atoms with Crippen LogP contribution in [0, 0.1) is 0 Å². The Morgan fingerprint density at radius 3 is 2.03 bits per heavy atom. The first kappa shape index (κ1) is 24.0. The second-order valence-corrected chi connectivity index (χ2v) is 9.35. The van der Waals surface area contributed by atoms with E-state index in [1.807, 2.05) is 91.9 Å². The molecule has 2 amide bonds. The van der Waals surface area contributed by atoms with Gasteiger partial charge < -0.3 is 19.1 Å². The van der Waals surface area contributed by atoms with Crippen molar-refractivity contribution in [2.24, 2.45) is 0 Å². The van der Waals surface area contributed by atoms with Crippen LogP contribution >= 0.6 is 0 Å². The topological polar surface area (TPSA) is 68.3 Å². The van der Waals surface area contributed by atoms with E-state index in [9.17, 15) is 9.59 Å². The maximum atomic E-state index is 13.5. The summed E-state index contributed by atoms with van der Waals surface area (Å²) in [5, 5.41) is 0. The van der Waals surface area contributed by atoms with E-state index in [2.05, 4.69) is 0 Å². The number of likely N-dealkylation sites (N-methyl/N-ethyl adjacent to an activating group) is 1. The van der Waals surface area contributed by atoms with Crippen LogP contribution in [0.3, 0.4) is 0 Å². The molecule has 0 aliphatic carbocycles. The highest BCUT2D eigenvalue weighted by Gasteiger charge is 2.57. The summed E-state index contributed by atoms with van der Waals surface area (Å²) in [7, 11) is 3.34. The number of morpholine rings is 1. The Hall–Kier alpha value is -3.68. The highest BCUT2D eigenvalue weighted by molar-refractivity contribution is 6.05. The number of carbonyl (C=O) groups is 2. The van der Waals surface area contributed by atoms with Gasteiger partial charge in [0.2, 0.25) is 5.79 Å². The average Bonchev–Trinajstić information content (AvgIpc) is 2.92. The lowest BCUT2D eigenvalue weighted by molar-refractivity contribution is -0.290. The van der Waals surface area contributed by atoms with Crippen LogP contribution in [0.4, 0.5) is 5.69 Å². The standard InChI is InChI=1S/C29H30N2O5/c1-19-25(21-13-9-6-10-14-21)35-29(2,28(33)30(19)3)36-26-24(20-11-7-5-8-12-20)31(27(26)32)22-15-17-23(34-4)18-16-22/h5-19,24-26H,1-4H3/t19-,24+,25-,26-,29+/m0/s1. The number of nitrogens with zero attached hydrogens (tertiary/aromatic N) is 2. The highest BCUT2D eigenvalue weighted by atomic mass is 16.7. The number of rotatable bonds is 6. The first-order valence-corrected chi connectivity index (χ1v) is 12.0. The van der Waals surface area contributed by atoms with Crippen LogP contribution in [0.15, 0.2) is 84.9 Å². The predicted octanol–water partition coefficient (Wildman–Crippen LogP) is 4.50. The summed E-state index contributed by atoms with van der Waals surface area (Å²) >= 11 is 0. The molecule has 2 heterocycles. The average molecular weight is 487 g/mol. The van der Waals surface area contributed by atoms with Crippen LogP contribution in [-0.2, 0) is 19.1 Å². The van der Waals surface area contributed by atoms with Gasteiger partial charge in [-0.3, -0.25) is 14.5 Å². The van der Waals surface area contributed by atoms with Gasteiger partial charge in [-0.05, 0) is 49.2 Å². The van der Waals surface area contributed by atoms with Crippen LogP contribution < -0.4 is 9.64 Å². The molecule has 0 saturated carbocycles. The Labute approximate surface area is 211 Å². The molecule has 0 bridgehead atoms. The summed E-state index contributed by atoms with van der Waals surface area (Å²) in [5.41, 5.74) is 2.58. The van der Waals surface area contributed by atoms with E-state index >= 15 is 0 Å². The van der Waals surface area contributed by atoms with Crippen LogP contribution in [0.5, 0.6) is 5.75 Å². The zero-order valence-electron chi connectivity index (χ0n) is 20.8. The molecule has 3 aromatic rings. The van der Waals surface area contributed by atoms with E-state index in [1.165, 1.54) is 0 Å². The molecule has 2 aliphatic rings. The zero-order valence-corrected chi connectivity index (χ0v) is 20.8. The molecule has 2 aliphatic heterocycles. The van der Waals surface area contributed by atoms with Gasteiger partial charge in [-0.25, -0.2) is 0 Å². The smallest absolute Gasteiger partial charge is 0.282 e. The molecule has 2 fully saturated rings. The van der Waals surface area contributed by atoms with Crippen molar-refractivity contribution in [1.29, 1.82) is 0 Å². The number of methoxy groups -OCH3 is 1. The van der Waals surface area contributed by atoms with E-state index < -0.39 is 24.0 Å². The predicted molar refractivity (Wildman–Crippen MR) is 135 cm³/mol. The lowest BCUT2D eigenvalue weighted by atomic mass is 9.89. The van der Waals surface area contributed by atoms with Crippen LogP contribution in [0.1, 0.15) is 37.1 Å². The van der Waals surface area contributed by atoms with Crippen molar-refractivity contribution < 1.29 is 23.8 Å². The molecule has 0 radical (unpaired) electrons. The minimum Gasteiger partial charge on any atom is -0.497 e. The minimum absolute atomic E-state index is 0.200. The molecule has 5 atom stereocenters. The normalized spacial score (nSPS) is 28.1. The lowest BCUT2D eigenvalue weighted by Crippen LogP contribution is -2.67. The molecule has 2 saturated heterocycles. The zero-order chi connectivity index (χ0) is 25.4. The van der Waals surface area contributed by atoms with Crippen molar-refractivity contribution in [3.8, 4) is 5.75 Å². The Bertz CT molecular complexity index is 1230. The Morgan fingerprint density at radius 2 is 1.44 bits per heavy atom. The van der Waals surface area contributed by atoms with Crippen molar-refractivity contribution in [2.45, 2.75) is 43.9 Å². The van der Waals surface area contributed by atoms with Crippen LogP contribution in [0.2, 0.25) is 0 Å². The molecule has 7 heteroatoms. The van der Waals surface area contributed by atoms with Crippen molar-refractivity contribution in [3.05, 3.63) is 96.1 Å². The number of amides is 2. The SMILES string of the molecule is COc1ccc(N2C(=O)[C@@H](O[C@@]3(C)O[C@H](c4ccccc4)[C@H](C)N(C)C3=O)[C@H]2c2ccccc2)cc1. The summed E-state index contributed by atoms with van der Waals surface area (Å²) in [6.45, 7) is 3.56. The quantitative estimate of drug-likeness (QED) is 0.480. The Kier molecular flexibility index (Phi) is 6.28. The molecule has 36 heavy (non-hydrogen) atoms. The summed E-state index contributed by atoms with van der Waals surface area (Å²) < 4.78 is 18.0. The molecule has 3 aromatic carbocycles. The number of anilines is 1. The maximum Gasteiger partial charge on any atom is 0.282 e. The number of β-lactam (4-membered cyclic amide) rings is 1. The second-order valence-electron chi connectivity index (χ2n) is 9.35. The van der Waals surface area contributed by atoms with Gasteiger partial charge in [0.15, 0.2) is 6.10 Å². The van der Waals surface area contributed by atoms with E-state index in [1.54, 1.807) is 30.9 Å². The van der Waals surface area contributed by atoms with Gasteiger partial charge in [0, 0.05) is 12.7 Å². The molecule has 0 N–H and O–H groups in total. The van der Waals surface area contributed by atoms with Gasteiger partial charge >= 0.3 is 0 Å². The number of ether oxygens (including phenoxy) is 3. The second kappa shape index (κ2) is 9.41. The van der Waals surface area contributed by atoms with Gasteiger partial charge in [-0.1, -0.05) is 60.7 Å².